The molecular weight excluding hydrogens is 701 g/mol. The van der Waals surface area contributed by atoms with Crippen molar-refractivity contribution in [1.29, 1.82) is 0 Å². The van der Waals surface area contributed by atoms with E-state index in [2.05, 4.69) is 50.7 Å². The van der Waals surface area contributed by atoms with Crippen molar-refractivity contribution in [2.24, 2.45) is 5.92 Å². The molecule has 0 bridgehead atoms. The van der Waals surface area contributed by atoms with E-state index in [1.54, 1.807) is 29.1 Å². The molecule has 1 aromatic carbocycles. The van der Waals surface area contributed by atoms with E-state index >= 15 is 0 Å². The molecule has 0 atom stereocenters. The van der Waals surface area contributed by atoms with Crippen molar-refractivity contribution >= 4 is 49.6 Å². The summed E-state index contributed by atoms with van der Waals surface area (Å²) in [5.74, 6) is 2.59. The number of carbonyl (C=O) groups excluding carboxylic acids is 1. The van der Waals surface area contributed by atoms with Crippen molar-refractivity contribution in [2.45, 2.75) is 93.5 Å². The van der Waals surface area contributed by atoms with Crippen LogP contribution in [-0.4, -0.2) is 104 Å². The highest BCUT2D eigenvalue weighted by molar-refractivity contribution is 7.89. The molecule has 54 heavy (non-hydrogen) atoms. The predicted octanol–water partition coefficient (Wildman–Crippen LogP) is 5.81. The fourth-order valence-corrected chi connectivity index (χ4v) is 11.0. The summed E-state index contributed by atoms with van der Waals surface area (Å²) in [5.41, 5.74) is 2.45. The molecule has 0 radical (unpaired) electrons. The van der Waals surface area contributed by atoms with Crippen molar-refractivity contribution in [3.63, 3.8) is 0 Å². The van der Waals surface area contributed by atoms with E-state index in [1.807, 2.05) is 37.5 Å². The Morgan fingerprint density at radius 3 is 1.81 bits per heavy atom. The standard InChI is InChI=1S/C20H23N5O2S.C20H27N5O/c1-15-3-5-16(6-4-15)28(26,27)25-12-2-11-24(13-20(25)8-9-20)19-17-7-10-21-18(17)22-14-23-19;26-19(15-5-2-1-3-6-15)25-12-4-11-24(13-20(25)8-9-20)18-16-7-10-21-17(16)22-14-23-18/h3-7,10,14H,2,8-9,11-13H2,1H3,(H,21,22,23);7,10,14-15H,1-6,8-9,11-13H2,(H,21,22,23). The number of benzene rings is 1. The van der Waals surface area contributed by atoms with E-state index < -0.39 is 10.0 Å². The van der Waals surface area contributed by atoms with Crippen LogP contribution in [0.2, 0.25) is 0 Å². The Kier molecular flexibility index (Phi) is 9.08. The molecular formula is C40H50N10O3S. The Balaban J connectivity index is 0.000000143. The largest absolute Gasteiger partial charge is 0.354 e. The van der Waals surface area contributed by atoms with E-state index in [-0.39, 0.29) is 17.0 Å². The van der Waals surface area contributed by atoms with E-state index in [0.29, 0.717) is 23.9 Å². The molecule has 10 rings (SSSR count). The van der Waals surface area contributed by atoms with Gasteiger partial charge in [0.05, 0.1) is 26.7 Å². The number of amides is 1. The van der Waals surface area contributed by atoms with Gasteiger partial charge in [0.1, 0.15) is 35.6 Å². The zero-order valence-electron chi connectivity index (χ0n) is 31.1. The van der Waals surface area contributed by atoms with Crippen LogP contribution in [0.5, 0.6) is 0 Å². The summed E-state index contributed by atoms with van der Waals surface area (Å²) in [5, 5.41) is 2.06. The lowest BCUT2D eigenvalue weighted by Gasteiger charge is -2.36. The third-order valence-corrected chi connectivity index (χ3v) is 14.4. The minimum absolute atomic E-state index is 0.0403. The molecule has 5 fully saturated rings. The molecule has 3 saturated carbocycles. The average molecular weight is 751 g/mol. The third-order valence-electron chi connectivity index (χ3n) is 12.4. The summed E-state index contributed by atoms with van der Waals surface area (Å²) < 4.78 is 28.5. The average Bonchev–Trinajstić information content (AvgIpc) is 4.07. The SMILES string of the molecule is Cc1ccc(S(=O)(=O)N2CCCN(c3ncnc4[nH]ccc34)CC23CC3)cc1.O=C(C1CCCCC1)N1CCCN(c2ncnc3[nH]ccc23)CC12CC2. The lowest BCUT2D eigenvalue weighted by Crippen LogP contribution is -2.49. The van der Waals surface area contributed by atoms with Gasteiger partial charge in [-0.05, 0) is 82.6 Å². The second-order valence-electron chi connectivity index (χ2n) is 16.1. The van der Waals surface area contributed by atoms with Crippen molar-refractivity contribution in [3.05, 3.63) is 67.0 Å². The van der Waals surface area contributed by atoms with E-state index in [1.165, 1.54) is 19.3 Å². The van der Waals surface area contributed by atoms with Gasteiger partial charge in [0, 0.05) is 57.6 Å². The molecule has 13 nitrogen and oxygen atoms in total. The summed E-state index contributed by atoms with van der Waals surface area (Å²) >= 11 is 0. The maximum absolute atomic E-state index is 13.4. The highest BCUT2D eigenvalue weighted by Gasteiger charge is 2.55. The molecule has 3 aliphatic carbocycles. The predicted molar refractivity (Wildman–Crippen MR) is 209 cm³/mol. The van der Waals surface area contributed by atoms with Crippen LogP contribution < -0.4 is 9.80 Å². The second kappa shape index (κ2) is 13.9. The number of aromatic amines is 2. The second-order valence-corrected chi connectivity index (χ2v) is 18.0. The molecule has 6 heterocycles. The summed E-state index contributed by atoms with van der Waals surface area (Å²) in [6.45, 7) is 6.69. The number of carbonyl (C=O) groups is 1. The lowest BCUT2D eigenvalue weighted by molar-refractivity contribution is -0.139. The van der Waals surface area contributed by atoms with Gasteiger partial charge in [-0.3, -0.25) is 4.79 Å². The third kappa shape index (κ3) is 6.50. The summed E-state index contributed by atoms with van der Waals surface area (Å²) in [7, 11) is -3.52. The van der Waals surface area contributed by atoms with Crippen LogP contribution in [-0.2, 0) is 14.8 Å². The van der Waals surface area contributed by atoms with E-state index in [4.69, 9.17) is 0 Å². The Bertz CT molecular complexity index is 2240. The van der Waals surface area contributed by atoms with Gasteiger partial charge < -0.3 is 24.7 Å². The topological polar surface area (TPSA) is 147 Å². The number of H-pyrrole nitrogens is 2. The van der Waals surface area contributed by atoms with Crippen molar-refractivity contribution in [1.82, 2.24) is 39.1 Å². The smallest absolute Gasteiger partial charge is 0.243 e. The summed E-state index contributed by atoms with van der Waals surface area (Å²) in [6, 6.07) is 11.2. The van der Waals surface area contributed by atoms with Crippen LogP contribution in [0.15, 0.2) is 66.3 Å². The molecule has 5 aliphatic rings. The zero-order valence-corrected chi connectivity index (χ0v) is 31.9. The molecule has 0 unspecified atom stereocenters. The minimum atomic E-state index is -3.52. The fourth-order valence-electron chi connectivity index (χ4n) is 9.17. The highest BCUT2D eigenvalue weighted by Crippen LogP contribution is 2.48. The number of hydrogen-bond acceptors (Lipinski definition) is 9. The van der Waals surface area contributed by atoms with Gasteiger partial charge >= 0.3 is 0 Å². The quantitative estimate of drug-likeness (QED) is 0.227. The molecule has 2 N–H and O–H groups in total. The van der Waals surface area contributed by atoms with Gasteiger partial charge in [-0.25, -0.2) is 28.4 Å². The van der Waals surface area contributed by atoms with Gasteiger partial charge in [-0.1, -0.05) is 37.0 Å². The van der Waals surface area contributed by atoms with Crippen LogP contribution in [0.3, 0.4) is 0 Å². The number of aromatic nitrogens is 6. The Hall–Kier alpha value is -4.56. The van der Waals surface area contributed by atoms with Crippen LogP contribution in [0.4, 0.5) is 11.6 Å². The van der Waals surface area contributed by atoms with Crippen LogP contribution in [0, 0.1) is 12.8 Å². The van der Waals surface area contributed by atoms with E-state index in [0.717, 1.165) is 117 Å². The monoisotopic (exact) mass is 750 g/mol. The first-order valence-corrected chi connectivity index (χ1v) is 21.2. The number of aryl methyl sites for hydroxylation is 1. The van der Waals surface area contributed by atoms with Crippen LogP contribution in [0.25, 0.3) is 22.1 Å². The number of nitrogens with zero attached hydrogens (tertiary/aromatic N) is 8. The molecule has 14 heteroatoms. The molecule has 4 aromatic heterocycles. The molecule has 2 saturated heterocycles. The zero-order chi connectivity index (χ0) is 36.9. The number of hydrogen-bond donors (Lipinski definition) is 2. The van der Waals surface area contributed by atoms with Gasteiger partial charge in [0.25, 0.3) is 0 Å². The first-order chi connectivity index (χ1) is 26.3. The van der Waals surface area contributed by atoms with Gasteiger partial charge in [-0.15, -0.1) is 0 Å². The molecule has 1 amide bonds. The molecule has 2 spiro atoms. The van der Waals surface area contributed by atoms with Crippen molar-refractivity contribution in [3.8, 4) is 0 Å². The Morgan fingerprint density at radius 2 is 1.24 bits per heavy atom. The number of rotatable bonds is 5. The van der Waals surface area contributed by atoms with Gasteiger partial charge in [0.2, 0.25) is 15.9 Å². The minimum Gasteiger partial charge on any atom is -0.354 e. The summed E-state index contributed by atoms with van der Waals surface area (Å²) in [6.07, 6.45) is 18.7. The highest BCUT2D eigenvalue weighted by atomic mass is 32.2. The van der Waals surface area contributed by atoms with Crippen LogP contribution >= 0.6 is 0 Å². The van der Waals surface area contributed by atoms with Crippen molar-refractivity contribution < 1.29 is 13.2 Å². The number of anilines is 2. The fraction of sp³-hybridized carbons (Fsp3) is 0.525. The molecule has 5 aromatic rings. The molecule has 284 valence electrons. The summed E-state index contributed by atoms with van der Waals surface area (Å²) in [4.78, 5) is 44.5. The maximum Gasteiger partial charge on any atom is 0.243 e. The number of sulfonamides is 1. The first-order valence-electron chi connectivity index (χ1n) is 19.7. The van der Waals surface area contributed by atoms with E-state index in [9.17, 15) is 13.2 Å². The Morgan fingerprint density at radius 1 is 0.685 bits per heavy atom. The first kappa shape index (κ1) is 35.2. The Labute approximate surface area is 316 Å². The number of nitrogens with one attached hydrogen (secondary N) is 2. The van der Waals surface area contributed by atoms with Gasteiger partial charge in [-0.2, -0.15) is 4.31 Å². The maximum atomic E-state index is 13.4. The van der Waals surface area contributed by atoms with Crippen LogP contribution in [0.1, 0.15) is 76.2 Å². The lowest BCUT2D eigenvalue weighted by atomic mass is 9.87. The normalized spacial score (nSPS) is 21.5. The molecule has 2 aliphatic heterocycles. The van der Waals surface area contributed by atoms with Crippen molar-refractivity contribution in [2.75, 3.05) is 49.1 Å². The van der Waals surface area contributed by atoms with Gasteiger partial charge in [0.15, 0.2) is 0 Å². The number of fused-ring (bicyclic) bond motifs is 2.